The molecule has 30 heavy (non-hydrogen) atoms. The van der Waals surface area contributed by atoms with Crippen LogP contribution in [-0.4, -0.2) is 13.7 Å². The van der Waals surface area contributed by atoms with Crippen molar-refractivity contribution in [3.8, 4) is 11.5 Å². The third-order valence-electron chi connectivity index (χ3n) is 4.43. The largest absolute Gasteiger partial charge is 0.494 e. The molecule has 0 N–H and O–H groups in total. The van der Waals surface area contributed by atoms with Crippen LogP contribution in [0.2, 0.25) is 0 Å². The van der Waals surface area contributed by atoms with E-state index in [1.54, 1.807) is 12.2 Å². The van der Waals surface area contributed by atoms with Crippen molar-refractivity contribution in [3.63, 3.8) is 0 Å². The van der Waals surface area contributed by atoms with Crippen LogP contribution in [0.1, 0.15) is 18.1 Å². The number of benzene rings is 3. The Morgan fingerprint density at radius 2 is 1.60 bits per heavy atom. The molecule has 156 valence electrons. The lowest BCUT2D eigenvalue weighted by Gasteiger charge is -2.10. The van der Waals surface area contributed by atoms with Gasteiger partial charge in [0.15, 0.2) is 23.2 Å². The van der Waals surface area contributed by atoms with Gasteiger partial charge in [-0.2, -0.15) is 4.39 Å². The molecule has 0 saturated carbocycles. The lowest BCUT2D eigenvalue weighted by molar-refractivity contribution is 0.362. The minimum Gasteiger partial charge on any atom is -0.494 e. The summed E-state index contributed by atoms with van der Waals surface area (Å²) in [6, 6.07) is 8.59. The molecule has 0 heterocycles. The van der Waals surface area contributed by atoms with Crippen molar-refractivity contribution in [2.24, 2.45) is 0 Å². The average Bonchev–Trinajstić information content (AvgIpc) is 2.76. The van der Waals surface area contributed by atoms with Crippen LogP contribution in [0.25, 0.3) is 22.4 Å². The Hall–Kier alpha value is -3.35. The van der Waals surface area contributed by atoms with Gasteiger partial charge in [-0.3, -0.25) is 0 Å². The number of rotatable bonds is 6. The first-order valence-corrected chi connectivity index (χ1v) is 8.93. The van der Waals surface area contributed by atoms with E-state index >= 15 is 0 Å². The molecule has 0 fully saturated rings. The van der Waals surface area contributed by atoms with Crippen LogP contribution in [-0.2, 0) is 0 Å². The fraction of sp³-hybridized carbons (Fsp3) is 0.130. The van der Waals surface area contributed by atoms with Crippen LogP contribution in [0.5, 0.6) is 11.5 Å². The van der Waals surface area contributed by atoms with Crippen molar-refractivity contribution in [3.05, 3.63) is 83.2 Å². The molecule has 3 aromatic carbocycles. The van der Waals surface area contributed by atoms with Crippen molar-refractivity contribution in [1.29, 1.82) is 0 Å². The molecule has 0 unspecified atom stereocenters. The smallest absolute Gasteiger partial charge is 0.201 e. The second kappa shape index (κ2) is 8.98. The molecule has 3 rings (SSSR count). The number of hydrogen-bond acceptors (Lipinski definition) is 2. The van der Waals surface area contributed by atoms with Gasteiger partial charge in [0.05, 0.1) is 12.5 Å². The molecular weight excluding hydrogens is 403 g/mol. The van der Waals surface area contributed by atoms with E-state index in [0.717, 1.165) is 25.3 Å². The zero-order chi connectivity index (χ0) is 21.8. The highest BCUT2D eigenvalue weighted by atomic mass is 19.2. The summed E-state index contributed by atoms with van der Waals surface area (Å²) < 4.78 is 82.5. The molecule has 0 atom stereocenters. The second-order valence-corrected chi connectivity index (χ2v) is 6.26. The zero-order valence-corrected chi connectivity index (χ0v) is 16.1. The topological polar surface area (TPSA) is 18.5 Å². The van der Waals surface area contributed by atoms with Crippen LogP contribution in [0, 0.1) is 17.5 Å². The van der Waals surface area contributed by atoms with E-state index in [-0.39, 0.29) is 10.9 Å². The third kappa shape index (κ3) is 4.01. The van der Waals surface area contributed by atoms with Crippen LogP contribution in [0.4, 0.5) is 22.0 Å². The Labute approximate surface area is 169 Å². The van der Waals surface area contributed by atoms with Crippen LogP contribution in [0.15, 0.2) is 54.6 Å². The zero-order valence-electron chi connectivity index (χ0n) is 16.1. The first kappa shape index (κ1) is 21.4. The van der Waals surface area contributed by atoms with Crippen molar-refractivity contribution >= 4 is 22.4 Å². The van der Waals surface area contributed by atoms with Crippen LogP contribution in [0.3, 0.4) is 0 Å². The molecule has 3 aromatic rings. The number of fused-ring (bicyclic) bond motifs is 1. The highest BCUT2D eigenvalue weighted by Crippen LogP contribution is 2.36. The fourth-order valence-corrected chi connectivity index (χ4v) is 2.86. The number of halogens is 5. The Bertz CT molecular complexity index is 1130. The fourth-order valence-electron chi connectivity index (χ4n) is 2.86. The van der Waals surface area contributed by atoms with Gasteiger partial charge in [-0.1, -0.05) is 18.2 Å². The predicted molar refractivity (Wildman–Crippen MR) is 106 cm³/mol. The SMILES string of the molecule is CC=CCOc1ccc(C(F)=C(F)c2ccc3cc(OC)c(F)c(F)c3c2F)cc1. The van der Waals surface area contributed by atoms with Crippen molar-refractivity contribution in [2.45, 2.75) is 6.92 Å². The summed E-state index contributed by atoms with van der Waals surface area (Å²) in [6.07, 6.45) is 3.57. The van der Waals surface area contributed by atoms with Crippen molar-refractivity contribution < 1.29 is 31.4 Å². The summed E-state index contributed by atoms with van der Waals surface area (Å²) in [5.41, 5.74) is -0.983. The van der Waals surface area contributed by atoms with Gasteiger partial charge in [-0.15, -0.1) is 0 Å². The van der Waals surface area contributed by atoms with E-state index in [0.29, 0.717) is 12.4 Å². The summed E-state index contributed by atoms with van der Waals surface area (Å²) in [5.74, 6) is -7.24. The summed E-state index contributed by atoms with van der Waals surface area (Å²) in [7, 11) is 1.13. The van der Waals surface area contributed by atoms with Gasteiger partial charge in [0.1, 0.15) is 18.2 Å². The molecule has 0 aliphatic heterocycles. The second-order valence-electron chi connectivity index (χ2n) is 6.26. The third-order valence-corrected chi connectivity index (χ3v) is 4.43. The Morgan fingerprint density at radius 3 is 2.23 bits per heavy atom. The minimum atomic E-state index is -1.54. The minimum absolute atomic E-state index is 0.0529. The van der Waals surface area contributed by atoms with E-state index in [1.807, 2.05) is 6.92 Å². The molecule has 0 spiro atoms. The van der Waals surface area contributed by atoms with Crippen LogP contribution >= 0.6 is 0 Å². The van der Waals surface area contributed by atoms with Gasteiger partial charge in [-0.25, -0.2) is 17.6 Å². The van der Waals surface area contributed by atoms with E-state index < -0.39 is 45.8 Å². The Kier molecular flexibility index (Phi) is 6.40. The highest BCUT2D eigenvalue weighted by Gasteiger charge is 2.22. The Morgan fingerprint density at radius 1 is 0.900 bits per heavy atom. The van der Waals surface area contributed by atoms with Gasteiger partial charge in [0.25, 0.3) is 0 Å². The maximum Gasteiger partial charge on any atom is 0.201 e. The first-order chi connectivity index (χ1) is 14.4. The predicted octanol–water partition coefficient (Wildman–Crippen LogP) is 6.99. The first-order valence-electron chi connectivity index (χ1n) is 8.93. The van der Waals surface area contributed by atoms with E-state index in [9.17, 15) is 22.0 Å². The molecule has 2 nitrogen and oxygen atoms in total. The number of hydrogen-bond donors (Lipinski definition) is 0. The van der Waals surface area contributed by atoms with E-state index in [1.165, 1.54) is 24.3 Å². The molecule has 0 aliphatic rings. The summed E-state index contributed by atoms with van der Waals surface area (Å²) in [5, 5.41) is -0.843. The summed E-state index contributed by atoms with van der Waals surface area (Å²) >= 11 is 0. The summed E-state index contributed by atoms with van der Waals surface area (Å²) in [6.45, 7) is 2.15. The Balaban J connectivity index is 2.02. The quantitative estimate of drug-likeness (QED) is 0.243. The van der Waals surface area contributed by atoms with Gasteiger partial charge in [0, 0.05) is 11.1 Å². The van der Waals surface area contributed by atoms with Crippen LogP contribution < -0.4 is 9.47 Å². The lowest BCUT2D eigenvalue weighted by Crippen LogP contribution is -1.98. The average molecular weight is 420 g/mol. The molecule has 7 heteroatoms. The molecule has 0 saturated heterocycles. The maximum atomic E-state index is 14.8. The number of methoxy groups -OCH3 is 1. The number of ether oxygens (including phenoxy) is 2. The van der Waals surface area contributed by atoms with Crippen molar-refractivity contribution in [1.82, 2.24) is 0 Å². The maximum absolute atomic E-state index is 14.8. The standard InChI is InChI=1S/C23H17F5O2/c1-3-4-11-30-15-8-5-13(6-9-15)19(24)21(26)16-10-7-14-12-17(29-2)22(27)23(28)18(14)20(16)25/h3-10,12H,11H2,1-2H3. The normalized spacial score (nSPS) is 12.4. The van der Waals surface area contributed by atoms with E-state index in [4.69, 9.17) is 9.47 Å². The molecule has 0 aromatic heterocycles. The molecule has 0 amide bonds. The highest BCUT2D eigenvalue weighted by molar-refractivity contribution is 5.91. The van der Waals surface area contributed by atoms with Crippen molar-refractivity contribution in [2.75, 3.05) is 13.7 Å². The molecule has 0 aliphatic carbocycles. The van der Waals surface area contributed by atoms with Gasteiger partial charge >= 0.3 is 0 Å². The number of allylic oxidation sites excluding steroid dienone is 1. The van der Waals surface area contributed by atoms with E-state index in [2.05, 4.69) is 0 Å². The monoisotopic (exact) mass is 420 g/mol. The molecule has 0 radical (unpaired) electrons. The van der Waals surface area contributed by atoms with Gasteiger partial charge in [0.2, 0.25) is 5.82 Å². The molecular formula is C23H17F5O2. The van der Waals surface area contributed by atoms with Gasteiger partial charge in [-0.05, 0) is 48.7 Å². The lowest BCUT2D eigenvalue weighted by atomic mass is 10.0. The van der Waals surface area contributed by atoms with Gasteiger partial charge < -0.3 is 9.47 Å². The summed E-state index contributed by atoms with van der Waals surface area (Å²) in [4.78, 5) is 0. The molecule has 0 bridgehead atoms.